The molecule has 0 radical (unpaired) electrons. The first-order chi connectivity index (χ1) is 40.0. The van der Waals surface area contributed by atoms with E-state index in [9.17, 15) is 14.4 Å². The molecule has 0 aliphatic rings. The third-order valence-electron chi connectivity index (χ3n) is 17.6. The van der Waals surface area contributed by atoms with Crippen molar-refractivity contribution in [2.75, 3.05) is 13.2 Å². The summed E-state index contributed by atoms with van der Waals surface area (Å²) in [6.07, 6.45) is 84.9. The zero-order valence-corrected chi connectivity index (χ0v) is 55.6. The lowest BCUT2D eigenvalue weighted by Crippen LogP contribution is -2.30. The predicted octanol–water partition coefficient (Wildman–Crippen LogP) is 25.8. The Bertz CT molecular complexity index is 1220. The number of rotatable bonds is 71. The van der Waals surface area contributed by atoms with Gasteiger partial charge < -0.3 is 14.2 Å². The summed E-state index contributed by atoms with van der Waals surface area (Å²) < 4.78 is 16.9. The largest absolute Gasteiger partial charge is 0.462 e. The van der Waals surface area contributed by atoms with Gasteiger partial charge in [0.1, 0.15) is 13.2 Å². The molecule has 0 fully saturated rings. The number of ether oxygens (including phenoxy) is 3. The number of unbranched alkanes of at least 4 members (excludes halogenated alkanes) is 60. The lowest BCUT2D eigenvalue weighted by molar-refractivity contribution is -0.167. The average Bonchev–Trinajstić information content (AvgIpc) is 3.47. The standard InChI is InChI=1S/C75H146O6/c1-4-7-10-13-16-18-20-22-24-26-28-30-32-34-36-38-40-41-43-45-47-49-51-53-55-57-59-62-65-68-74(77)80-71-72(70-79-73(76)67-64-61-15-12-9-6-3)81-75(78)69-66-63-60-58-56-54-52-50-48-46-44-42-39-37-35-33-31-29-27-25-23-21-19-17-14-11-8-5-2/h72H,4-71H2,1-3H3. The molecule has 1 unspecified atom stereocenters. The highest BCUT2D eigenvalue weighted by atomic mass is 16.6. The highest BCUT2D eigenvalue weighted by Gasteiger charge is 2.20. The van der Waals surface area contributed by atoms with E-state index in [0.29, 0.717) is 19.3 Å². The number of carbonyl (C=O) groups is 3. The molecule has 0 aliphatic carbocycles. The topological polar surface area (TPSA) is 78.9 Å². The summed E-state index contributed by atoms with van der Waals surface area (Å²) in [4.78, 5) is 38.1. The van der Waals surface area contributed by atoms with Crippen LogP contribution in [-0.2, 0) is 28.6 Å². The maximum atomic E-state index is 12.9. The molecular weight excluding hydrogens is 997 g/mol. The number of esters is 3. The highest BCUT2D eigenvalue weighted by molar-refractivity contribution is 5.71. The molecule has 0 aliphatic heterocycles. The minimum Gasteiger partial charge on any atom is -0.462 e. The van der Waals surface area contributed by atoms with E-state index in [1.54, 1.807) is 0 Å². The maximum Gasteiger partial charge on any atom is 0.306 e. The molecule has 0 saturated heterocycles. The van der Waals surface area contributed by atoms with Gasteiger partial charge in [0.15, 0.2) is 6.10 Å². The lowest BCUT2D eigenvalue weighted by Gasteiger charge is -2.18. The minimum absolute atomic E-state index is 0.0615. The number of carbonyl (C=O) groups excluding carboxylic acids is 3. The molecule has 0 aromatic heterocycles. The summed E-state index contributed by atoms with van der Waals surface area (Å²) in [6.45, 7) is 6.68. The lowest BCUT2D eigenvalue weighted by atomic mass is 10.0. The van der Waals surface area contributed by atoms with Gasteiger partial charge in [-0.15, -0.1) is 0 Å². The van der Waals surface area contributed by atoms with E-state index in [2.05, 4.69) is 20.8 Å². The van der Waals surface area contributed by atoms with Gasteiger partial charge in [-0.2, -0.15) is 0 Å². The molecule has 6 heteroatoms. The fourth-order valence-corrected chi connectivity index (χ4v) is 12.0. The molecule has 1 atom stereocenters. The van der Waals surface area contributed by atoms with Gasteiger partial charge in [0.25, 0.3) is 0 Å². The van der Waals surface area contributed by atoms with Gasteiger partial charge in [-0.25, -0.2) is 0 Å². The first-order valence-electron chi connectivity index (χ1n) is 37.5. The summed E-state index contributed by atoms with van der Waals surface area (Å²) in [6, 6.07) is 0. The van der Waals surface area contributed by atoms with Crippen molar-refractivity contribution in [3.63, 3.8) is 0 Å². The van der Waals surface area contributed by atoms with Crippen LogP contribution in [0.25, 0.3) is 0 Å². The molecule has 0 aromatic carbocycles. The Hall–Kier alpha value is -1.59. The van der Waals surface area contributed by atoms with Gasteiger partial charge in [-0.3, -0.25) is 14.4 Å². The fraction of sp³-hybridized carbons (Fsp3) is 0.960. The van der Waals surface area contributed by atoms with Crippen LogP contribution in [0.4, 0.5) is 0 Å². The van der Waals surface area contributed by atoms with Crippen molar-refractivity contribution in [1.29, 1.82) is 0 Å². The Morgan fingerprint density at radius 3 is 0.494 bits per heavy atom. The molecule has 0 aromatic rings. The summed E-state index contributed by atoms with van der Waals surface area (Å²) in [5.74, 6) is -0.835. The van der Waals surface area contributed by atoms with Gasteiger partial charge in [0.05, 0.1) is 0 Å². The third kappa shape index (κ3) is 69.1. The van der Waals surface area contributed by atoms with Gasteiger partial charge in [-0.05, 0) is 19.3 Å². The smallest absolute Gasteiger partial charge is 0.306 e. The molecule has 0 amide bonds. The van der Waals surface area contributed by atoms with Crippen LogP contribution in [0.1, 0.15) is 445 Å². The number of hydrogen-bond acceptors (Lipinski definition) is 6. The first kappa shape index (κ1) is 79.4. The second-order valence-corrected chi connectivity index (χ2v) is 25.9. The molecule has 6 nitrogen and oxygen atoms in total. The van der Waals surface area contributed by atoms with Crippen LogP contribution in [0.2, 0.25) is 0 Å². The molecule has 482 valence electrons. The van der Waals surface area contributed by atoms with E-state index >= 15 is 0 Å². The molecule has 0 rings (SSSR count). The molecule has 0 spiro atoms. The molecular formula is C75H146O6. The van der Waals surface area contributed by atoms with Crippen LogP contribution >= 0.6 is 0 Å². The van der Waals surface area contributed by atoms with Crippen molar-refractivity contribution in [3.8, 4) is 0 Å². The summed E-state index contributed by atoms with van der Waals surface area (Å²) >= 11 is 0. The summed E-state index contributed by atoms with van der Waals surface area (Å²) in [5, 5.41) is 0. The summed E-state index contributed by atoms with van der Waals surface area (Å²) in [7, 11) is 0. The van der Waals surface area contributed by atoms with E-state index in [1.807, 2.05) is 0 Å². The Morgan fingerprint density at radius 1 is 0.198 bits per heavy atom. The number of hydrogen-bond donors (Lipinski definition) is 0. The van der Waals surface area contributed by atoms with Gasteiger partial charge >= 0.3 is 17.9 Å². The monoisotopic (exact) mass is 1140 g/mol. The predicted molar refractivity (Wildman–Crippen MR) is 354 cm³/mol. The van der Waals surface area contributed by atoms with E-state index in [0.717, 1.165) is 57.8 Å². The van der Waals surface area contributed by atoms with Crippen molar-refractivity contribution < 1.29 is 28.6 Å². The zero-order valence-electron chi connectivity index (χ0n) is 55.6. The molecule has 81 heavy (non-hydrogen) atoms. The van der Waals surface area contributed by atoms with Crippen LogP contribution in [0.3, 0.4) is 0 Å². The first-order valence-corrected chi connectivity index (χ1v) is 37.5. The molecule has 0 saturated carbocycles. The quantitative estimate of drug-likeness (QED) is 0.0343. The van der Waals surface area contributed by atoms with Crippen LogP contribution in [0.5, 0.6) is 0 Å². The average molecular weight is 1140 g/mol. The van der Waals surface area contributed by atoms with E-state index in [4.69, 9.17) is 14.2 Å². The van der Waals surface area contributed by atoms with E-state index < -0.39 is 6.10 Å². The second-order valence-electron chi connectivity index (χ2n) is 25.9. The van der Waals surface area contributed by atoms with Gasteiger partial charge in [0, 0.05) is 19.3 Å². The SMILES string of the molecule is CCCCCCCCCCCCCCCCCCCCCCCCCCCCCCCC(=O)OCC(COC(=O)CCCCCCCC)OC(=O)CCCCCCCCCCCCCCCCCCCCCCCCCCCCCC. The Balaban J connectivity index is 3.91. The van der Waals surface area contributed by atoms with Crippen LogP contribution in [0, 0.1) is 0 Å². The van der Waals surface area contributed by atoms with Crippen LogP contribution in [0.15, 0.2) is 0 Å². The van der Waals surface area contributed by atoms with Crippen molar-refractivity contribution in [2.45, 2.75) is 451 Å². The fourth-order valence-electron chi connectivity index (χ4n) is 12.0. The van der Waals surface area contributed by atoms with Crippen molar-refractivity contribution in [1.82, 2.24) is 0 Å². The Morgan fingerprint density at radius 2 is 0.333 bits per heavy atom. The Labute approximate surface area is 508 Å². The van der Waals surface area contributed by atoms with E-state index in [1.165, 1.54) is 347 Å². The maximum absolute atomic E-state index is 12.9. The normalized spacial score (nSPS) is 11.9. The minimum atomic E-state index is -0.762. The molecule has 0 heterocycles. The molecule has 0 N–H and O–H groups in total. The second kappa shape index (κ2) is 70.9. The Kier molecular flexibility index (Phi) is 69.5. The van der Waals surface area contributed by atoms with Crippen LogP contribution in [-0.4, -0.2) is 37.2 Å². The third-order valence-corrected chi connectivity index (χ3v) is 17.6. The van der Waals surface area contributed by atoms with Crippen molar-refractivity contribution in [3.05, 3.63) is 0 Å². The van der Waals surface area contributed by atoms with Crippen molar-refractivity contribution in [2.24, 2.45) is 0 Å². The summed E-state index contributed by atoms with van der Waals surface area (Å²) in [5.41, 5.74) is 0. The van der Waals surface area contributed by atoms with Crippen LogP contribution < -0.4 is 0 Å². The molecule has 0 bridgehead atoms. The van der Waals surface area contributed by atoms with Crippen molar-refractivity contribution >= 4 is 17.9 Å². The van der Waals surface area contributed by atoms with Gasteiger partial charge in [-0.1, -0.05) is 406 Å². The van der Waals surface area contributed by atoms with E-state index in [-0.39, 0.29) is 31.1 Å². The van der Waals surface area contributed by atoms with Gasteiger partial charge in [0.2, 0.25) is 0 Å². The zero-order chi connectivity index (χ0) is 58.5. The highest BCUT2D eigenvalue weighted by Crippen LogP contribution is 2.20.